The van der Waals surface area contributed by atoms with Gasteiger partial charge in [0.05, 0.1) is 13.2 Å². The van der Waals surface area contributed by atoms with Crippen LogP contribution in [0.25, 0.3) is 0 Å². The number of ether oxygens (including phenoxy) is 1. The van der Waals surface area contributed by atoms with E-state index in [1.54, 1.807) is 0 Å². The zero-order chi connectivity index (χ0) is 11.5. The zero-order valence-corrected chi connectivity index (χ0v) is 9.89. The lowest BCUT2D eigenvalue weighted by atomic mass is 10.0. The minimum Gasteiger partial charge on any atom is -0.379 e. The Labute approximate surface area is 96.8 Å². The highest BCUT2D eigenvalue weighted by molar-refractivity contribution is 5.87. The average Bonchev–Trinajstić information content (AvgIpc) is 2.71. The quantitative estimate of drug-likeness (QED) is 0.635. The first kappa shape index (κ1) is 11.6. The maximum Gasteiger partial charge on any atom is 0.246 e. The Morgan fingerprint density at radius 1 is 1.38 bits per heavy atom. The predicted octanol–water partition coefficient (Wildman–Crippen LogP) is 0.352. The first-order chi connectivity index (χ1) is 7.72. The van der Waals surface area contributed by atoms with E-state index in [1.165, 1.54) is 6.08 Å². The Morgan fingerprint density at radius 3 is 2.69 bits per heavy atom. The highest BCUT2D eigenvalue weighted by Gasteiger charge is 2.35. The summed E-state index contributed by atoms with van der Waals surface area (Å²) in [6, 6.07) is 0.493. The van der Waals surface area contributed by atoms with Gasteiger partial charge in [-0.25, -0.2) is 0 Å². The maximum absolute atomic E-state index is 11.6. The molecule has 0 aromatic rings. The van der Waals surface area contributed by atoms with E-state index in [4.69, 9.17) is 4.74 Å². The number of amides is 1. The van der Waals surface area contributed by atoms with Gasteiger partial charge in [-0.15, -0.1) is 0 Å². The van der Waals surface area contributed by atoms with Crippen molar-refractivity contribution in [1.82, 2.24) is 9.80 Å². The van der Waals surface area contributed by atoms with Crippen LogP contribution in [0.1, 0.15) is 6.92 Å². The van der Waals surface area contributed by atoms with Crippen LogP contribution in [0.3, 0.4) is 0 Å². The Bertz CT molecular complexity index is 274. The minimum absolute atomic E-state index is 0.0580. The third-order valence-electron chi connectivity index (χ3n) is 3.57. The van der Waals surface area contributed by atoms with E-state index < -0.39 is 0 Å². The fourth-order valence-electron chi connectivity index (χ4n) is 2.64. The zero-order valence-electron chi connectivity index (χ0n) is 9.89. The van der Waals surface area contributed by atoms with Crippen LogP contribution in [0, 0.1) is 5.92 Å². The van der Waals surface area contributed by atoms with Gasteiger partial charge in [0.2, 0.25) is 5.91 Å². The van der Waals surface area contributed by atoms with Gasteiger partial charge in [-0.3, -0.25) is 9.69 Å². The summed E-state index contributed by atoms with van der Waals surface area (Å²) in [5.41, 5.74) is 0. The van der Waals surface area contributed by atoms with Crippen LogP contribution in [-0.2, 0) is 9.53 Å². The summed E-state index contributed by atoms with van der Waals surface area (Å²) in [6.45, 7) is 11.1. The third-order valence-corrected chi connectivity index (χ3v) is 3.57. The summed E-state index contributed by atoms with van der Waals surface area (Å²) in [4.78, 5) is 15.9. The largest absolute Gasteiger partial charge is 0.379 e. The molecule has 2 saturated heterocycles. The Kier molecular flexibility index (Phi) is 3.61. The van der Waals surface area contributed by atoms with Crippen LogP contribution < -0.4 is 0 Å². The topological polar surface area (TPSA) is 32.8 Å². The molecule has 16 heavy (non-hydrogen) atoms. The molecule has 2 aliphatic rings. The minimum atomic E-state index is 0.0580. The van der Waals surface area contributed by atoms with Gasteiger partial charge in [0.15, 0.2) is 0 Å². The molecule has 0 N–H and O–H groups in total. The molecule has 0 saturated carbocycles. The van der Waals surface area contributed by atoms with Gasteiger partial charge in [-0.2, -0.15) is 0 Å². The molecule has 0 radical (unpaired) electrons. The normalized spacial score (nSPS) is 31.7. The van der Waals surface area contributed by atoms with Gasteiger partial charge in [0, 0.05) is 32.2 Å². The van der Waals surface area contributed by atoms with Gasteiger partial charge >= 0.3 is 0 Å². The van der Waals surface area contributed by atoms with Gasteiger partial charge in [-0.1, -0.05) is 13.5 Å². The summed E-state index contributed by atoms with van der Waals surface area (Å²) in [7, 11) is 0. The van der Waals surface area contributed by atoms with E-state index >= 15 is 0 Å². The highest BCUT2D eigenvalue weighted by atomic mass is 16.5. The predicted molar refractivity (Wildman–Crippen MR) is 62.1 cm³/mol. The number of carbonyl (C=O) groups is 1. The summed E-state index contributed by atoms with van der Waals surface area (Å²) in [6.07, 6.45) is 1.41. The van der Waals surface area contributed by atoms with Crippen LogP contribution in [0.4, 0.5) is 0 Å². The summed E-state index contributed by atoms with van der Waals surface area (Å²) >= 11 is 0. The fraction of sp³-hybridized carbons (Fsp3) is 0.750. The molecular weight excluding hydrogens is 204 g/mol. The molecule has 90 valence electrons. The van der Waals surface area contributed by atoms with Gasteiger partial charge in [0.1, 0.15) is 0 Å². The standard InChI is InChI=1S/C12H20N2O2/c1-3-12(15)14-8-10(2)11(9-14)13-4-6-16-7-5-13/h3,10-11H,1,4-9H2,2H3. The molecule has 2 rings (SSSR count). The molecule has 2 aliphatic heterocycles. The fourth-order valence-corrected chi connectivity index (χ4v) is 2.64. The van der Waals surface area contributed by atoms with Gasteiger partial charge in [0.25, 0.3) is 0 Å². The molecule has 4 heteroatoms. The lowest BCUT2D eigenvalue weighted by molar-refractivity contribution is -0.125. The number of hydrogen-bond acceptors (Lipinski definition) is 3. The number of carbonyl (C=O) groups excluding carboxylic acids is 1. The van der Waals surface area contributed by atoms with Crippen LogP contribution in [0.15, 0.2) is 12.7 Å². The molecule has 2 fully saturated rings. The summed E-state index contributed by atoms with van der Waals surface area (Å²) in [5, 5.41) is 0. The van der Waals surface area contributed by atoms with Crippen LogP contribution in [-0.4, -0.2) is 61.1 Å². The third kappa shape index (κ3) is 2.28. The molecule has 2 heterocycles. The molecule has 2 atom stereocenters. The van der Waals surface area contributed by atoms with E-state index in [9.17, 15) is 4.79 Å². The van der Waals surface area contributed by atoms with Crippen LogP contribution in [0.2, 0.25) is 0 Å². The van der Waals surface area contributed by atoms with E-state index in [2.05, 4.69) is 18.4 Å². The molecule has 0 aliphatic carbocycles. The monoisotopic (exact) mass is 224 g/mol. The number of morpholine rings is 1. The van der Waals surface area contributed by atoms with E-state index in [0.29, 0.717) is 12.0 Å². The van der Waals surface area contributed by atoms with Crippen molar-refractivity contribution in [3.63, 3.8) is 0 Å². The first-order valence-corrected chi connectivity index (χ1v) is 5.95. The molecular formula is C12H20N2O2. The number of nitrogens with zero attached hydrogens (tertiary/aromatic N) is 2. The molecule has 0 aromatic carbocycles. The smallest absolute Gasteiger partial charge is 0.246 e. The second-order valence-electron chi connectivity index (χ2n) is 4.64. The van der Waals surface area contributed by atoms with Crippen molar-refractivity contribution in [3.05, 3.63) is 12.7 Å². The van der Waals surface area contributed by atoms with Gasteiger partial charge in [-0.05, 0) is 12.0 Å². The SMILES string of the molecule is C=CC(=O)N1CC(C)C(N2CCOCC2)C1. The van der Waals surface area contributed by atoms with Crippen LogP contribution in [0.5, 0.6) is 0 Å². The van der Waals surface area contributed by atoms with E-state index in [1.807, 2.05) is 4.90 Å². The molecule has 1 amide bonds. The van der Waals surface area contributed by atoms with Crippen LogP contribution >= 0.6 is 0 Å². The van der Waals surface area contributed by atoms with Gasteiger partial charge < -0.3 is 9.64 Å². The number of likely N-dealkylation sites (tertiary alicyclic amines) is 1. The first-order valence-electron chi connectivity index (χ1n) is 5.95. The van der Waals surface area contributed by atoms with Crippen molar-refractivity contribution in [2.75, 3.05) is 39.4 Å². The highest BCUT2D eigenvalue weighted by Crippen LogP contribution is 2.22. The Morgan fingerprint density at radius 2 is 2.06 bits per heavy atom. The summed E-state index contributed by atoms with van der Waals surface area (Å²) in [5.74, 6) is 0.601. The number of rotatable bonds is 2. The lowest BCUT2D eigenvalue weighted by Crippen LogP contribution is -2.47. The Hall–Kier alpha value is -0.870. The molecule has 0 aromatic heterocycles. The van der Waals surface area contributed by atoms with Crippen molar-refractivity contribution in [3.8, 4) is 0 Å². The second kappa shape index (κ2) is 4.97. The molecule has 2 unspecified atom stereocenters. The average molecular weight is 224 g/mol. The maximum atomic E-state index is 11.6. The van der Waals surface area contributed by atoms with Crippen molar-refractivity contribution in [1.29, 1.82) is 0 Å². The van der Waals surface area contributed by atoms with E-state index in [0.717, 1.165) is 39.4 Å². The number of hydrogen-bond donors (Lipinski definition) is 0. The van der Waals surface area contributed by atoms with Crippen molar-refractivity contribution in [2.24, 2.45) is 5.92 Å². The second-order valence-corrected chi connectivity index (χ2v) is 4.64. The molecule has 0 bridgehead atoms. The van der Waals surface area contributed by atoms with Crippen molar-refractivity contribution in [2.45, 2.75) is 13.0 Å². The Balaban J connectivity index is 1.95. The molecule has 0 spiro atoms. The summed E-state index contributed by atoms with van der Waals surface area (Å²) < 4.78 is 5.35. The van der Waals surface area contributed by atoms with Crippen molar-refractivity contribution >= 4 is 5.91 Å². The molecule has 4 nitrogen and oxygen atoms in total. The lowest BCUT2D eigenvalue weighted by Gasteiger charge is -2.33. The van der Waals surface area contributed by atoms with Crippen molar-refractivity contribution < 1.29 is 9.53 Å². The van der Waals surface area contributed by atoms with E-state index in [-0.39, 0.29) is 5.91 Å².